The molecule has 1 amide bonds. The number of quaternary nitrogens is 1. The number of nitrogens with zero attached hydrogens (tertiary/aromatic N) is 1. The molecule has 0 aliphatic heterocycles. The highest BCUT2D eigenvalue weighted by atomic mass is 31.2. The van der Waals surface area contributed by atoms with E-state index in [9.17, 15) is 19.0 Å². The minimum atomic E-state index is -4.70. The SMILES string of the molecule is CCCCCCCCCCCCC/C=C/C(OC(=O)CCCCCCCCCCCCCCCCCCCCCCC)C(COP(=O)([O-])OCC[N+](C)(C)C)NC(=O)CCCCCCCCCCCCCCCCCCCCCCC. The van der Waals surface area contributed by atoms with E-state index in [1.54, 1.807) is 0 Å². The number of likely N-dealkylation sites (N-methyl/N-ethyl adjacent to an activating group) is 1. The molecule has 1 N–H and O–H groups in total. The zero-order valence-electron chi connectivity index (χ0n) is 55.3. The average molecular weight is 1170 g/mol. The molecular weight excluding hydrogens is 1020 g/mol. The first kappa shape index (κ1) is 79.8. The van der Waals surface area contributed by atoms with Gasteiger partial charge in [-0.1, -0.05) is 348 Å². The number of unbranched alkanes of at least 4 members (excludes halogenated alkanes) is 51. The summed E-state index contributed by atoms with van der Waals surface area (Å²) in [5.74, 6) is -0.512. The minimum absolute atomic E-state index is 0.0163. The van der Waals surface area contributed by atoms with Gasteiger partial charge in [-0.05, 0) is 31.8 Å². The van der Waals surface area contributed by atoms with E-state index in [2.05, 4.69) is 26.1 Å². The van der Waals surface area contributed by atoms with Crippen LogP contribution in [-0.4, -0.2) is 69.4 Å². The first-order valence-corrected chi connectivity index (χ1v) is 37.5. The summed E-state index contributed by atoms with van der Waals surface area (Å²) in [6.07, 6.45) is 73.3. The van der Waals surface area contributed by atoms with Crippen LogP contribution in [0.15, 0.2) is 12.2 Å². The van der Waals surface area contributed by atoms with Crippen LogP contribution in [0.1, 0.15) is 380 Å². The van der Waals surface area contributed by atoms with Crippen molar-refractivity contribution in [3.8, 4) is 0 Å². The van der Waals surface area contributed by atoms with Gasteiger partial charge in [0.15, 0.2) is 0 Å². The summed E-state index contributed by atoms with van der Waals surface area (Å²) >= 11 is 0. The molecule has 0 saturated carbocycles. The largest absolute Gasteiger partial charge is 0.756 e. The van der Waals surface area contributed by atoms with Gasteiger partial charge in [0.1, 0.15) is 19.3 Å². The van der Waals surface area contributed by atoms with Crippen molar-refractivity contribution in [3.63, 3.8) is 0 Å². The molecule has 0 aliphatic rings. The second-order valence-corrected chi connectivity index (χ2v) is 27.5. The van der Waals surface area contributed by atoms with E-state index >= 15 is 0 Å². The van der Waals surface area contributed by atoms with Gasteiger partial charge >= 0.3 is 5.97 Å². The Balaban J connectivity index is 5.07. The number of phosphoric ester groups is 1. The summed E-state index contributed by atoms with van der Waals surface area (Å²) in [5, 5.41) is 3.05. The molecule has 3 unspecified atom stereocenters. The Hall–Kier alpha value is -1.25. The number of phosphoric acid groups is 1. The lowest BCUT2D eigenvalue weighted by molar-refractivity contribution is -0.870. The van der Waals surface area contributed by atoms with Crippen molar-refractivity contribution >= 4 is 19.7 Å². The summed E-state index contributed by atoms with van der Waals surface area (Å²) in [5.41, 5.74) is 0. The maximum atomic E-state index is 13.6. The first-order valence-electron chi connectivity index (χ1n) is 36.0. The fraction of sp³-hybridized carbons (Fsp3) is 0.944. The van der Waals surface area contributed by atoms with Crippen LogP contribution in [-0.2, 0) is 27.9 Å². The van der Waals surface area contributed by atoms with Crippen molar-refractivity contribution < 1.29 is 37.3 Å². The van der Waals surface area contributed by atoms with E-state index in [-0.39, 0.29) is 31.5 Å². The summed E-state index contributed by atoms with van der Waals surface area (Å²) in [4.78, 5) is 40.2. The fourth-order valence-electron chi connectivity index (χ4n) is 11.2. The van der Waals surface area contributed by atoms with Crippen LogP contribution in [0.5, 0.6) is 0 Å². The monoisotopic (exact) mass is 1170 g/mol. The first-order chi connectivity index (χ1) is 39.4. The number of ether oxygens (including phenoxy) is 1. The molecule has 0 rings (SSSR count). The Morgan fingerprint density at radius 3 is 1.01 bits per heavy atom. The summed E-state index contributed by atoms with van der Waals surface area (Å²) in [7, 11) is 1.21. The van der Waals surface area contributed by atoms with Crippen LogP contribution in [0, 0.1) is 0 Å². The highest BCUT2D eigenvalue weighted by Crippen LogP contribution is 2.38. The number of amides is 1. The maximum absolute atomic E-state index is 13.6. The summed E-state index contributed by atoms with van der Waals surface area (Å²) in [6.45, 7) is 6.93. The van der Waals surface area contributed by atoms with Crippen LogP contribution in [0.2, 0.25) is 0 Å². The highest BCUT2D eigenvalue weighted by molar-refractivity contribution is 7.45. The third kappa shape index (κ3) is 63.1. The summed E-state index contributed by atoms with van der Waals surface area (Å²) < 4.78 is 30.5. The van der Waals surface area contributed by atoms with E-state index in [0.29, 0.717) is 17.4 Å². The van der Waals surface area contributed by atoms with Gasteiger partial charge in [-0.25, -0.2) is 0 Å². The van der Waals surface area contributed by atoms with Crippen molar-refractivity contribution in [3.05, 3.63) is 12.2 Å². The average Bonchev–Trinajstić information content (AvgIpc) is 3.44. The number of esters is 1. The number of carbonyl (C=O) groups excluding carboxylic acids is 2. The van der Waals surface area contributed by atoms with Gasteiger partial charge in [0.2, 0.25) is 5.91 Å². The van der Waals surface area contributed by atoms with Crippen LogP contribution in [0.25, 0.3) is 0 Å². The van der Waals surface area contributed by atoms with Crippen LogP contribution >= 0.6 is 7.82 Å². The van der Waals surface area contributed by atoms with Crippen LogP contribution in [0.4, 0.5) is 0 Å². The molecule has 0 fully saturated rings. The fourth-order valence-corrected chi connectivity index (χ4v) is 11.9. The quantitative estimate of drug-likeness (QED) is 0.0212. The second-order valence-electron chi connectivity index (χ2n) is 26.1. The van der Waals surface area contributed by atoms with Crippen molar-refractivity contribution in [2.24, 2.45) is 0 Å². The molecule has 0 saturated heterocycles. The third-order valence-corrected chi connectivity index (χ3v) is 17.7. The van der Waals surface area contributed by atoms with Gasteiger partial charge in [0, 0.05) is 12.8 Å². The predicted octanol–water partition coefficient (Wildman–Crippen LogP) is 22.1. The second kappa shape index (κ2) is 61.8. The lowest BCUT2D eigenvalue weighted by atomic mass is 10.0. The van der Waals surface area contributed by atoms with E-state index in [1.807, 2.05) is 33.3 Å². The Bertz CT molecular complexity index is 1390. The molecule has 10 heteroatoms. The third-order valence-electron chi connectivity index (χ3n) is 16.7. The zero-order chi connectivity index (χ0) is 59.3. The molecule has 0 aromatic carbocycles. The van der Waals surface area contributed by atoms with E-state index in [1.165, 1.54) is 289 Å². The standard InChI is InChI=1S/C71H141N2O7P/c1-7-10-13-16-19-22-25-28-30-32-34-36-38-40-42-45-48-51-54-57-60-63-70(74)72-68(67-79-81(76,77)78-66-65-73(4,5)6)69(62-59-56-53-50-47-44-27-24-21-18-15-12-9-3)80-71(75)64-61-58-55-52-49-46-43-41-39-37-35-33-31-29-26-23-20-17-14-11-8-2/h59,62,68-69H,7-58,60-61,63-67H2,1-6H3,(H-,72,74,76,77)/b62-59+. The predicted molar refractivity (Wildman–Crippen MR) is 349 cm³/mol. The molecule has 0 aromatic heterocycles. The minimum Gasteiger partial charge on any atom is -0.756 e. The molecule has 0 spiro atoms. The molecule has 0 radical (unpaired) electrons. The molecule has 482 valence electrons. The molecule has 0 aliphatic carbocycles. The van der Waals surface area contributed by atoms with Crippen LogP contribution in [0.3, 0.4) is 0 Å². The zero-order valence-corrected chi connectivity index (χ0v) is 56.2. The number of hydrogen-bond acceptors (Lipinski definition) is 7. The topological polar surface area (TPSA) is 114 Å². The molecule has 0 bridgehead atoms. The normalized spacial score (nSPS) is 13.5. The number of allylic oxidation sites excluding steroid dienone is 1. The maximum Gasteiger partial charge on any atom is 0.306 e. The van der Waals surface area contributed by atoms with Crippen molar-refractivity contribution in [2.45, 2.75) is 392 Å². The van der Waals surface area contributed by atoms with Crippen molar-refractivity contribution in [1.29, 1.82) is 0 Å². The van der Waals surface area contributed by atoms with Gasteiger partial charge < -0.3 is 28.5 Å². The lowest BCUT2D eigenvalue weighted by Gasteiger charge is -2.30. The Morgan fingerprint density at radius 1 is 0.420 bits per heavy atom. The van der Waals surface area contributed by atoms with Gasteiger partial charge in [0.25, 0.3) is 7.82 Å². The van der Waals surface area contributed by atoms with E-state index in [4.69, 9.17) is 13.8 Å². The van der Waals surface area contributed by atoms with Gasteiger partial charge in [-0.3, -0.25) is 14.2 Å². The van der Waals surface area contributed by atoms with Crippen molar-refractivity contribution in [2.75, 3.05) is 40.9 Å². The molecule has 0 aromatic rings. The Labute approximate surface area is 505 Å². The number of hydrogen-bond donors (Lipinski definition) is 1. The Morgan fingerprint density at radius 2 is 0.704 bits per heavy atom. The number of nitrogens with one attached hydrogen (secondary N) is 1. The smallest absolute Gasteiger partial charge is 0.306 e. The number of rotatable bonds is 67. The molecular formula is C71H141N2O7P. The molecule has 9 nitrogen and oxygen atoms in total. The number of carbonyl (C=O) groups is 2. The van der Waals surface area contributed by atoms with Gasteiger partial charge in [0.05, 0.1) is 33.8 Å². The Kier molecular flexibility index (Phi) is 60.9. The molecule has 0 heterocycles. The van der Waals surface area contributed by atoms with Gasteiger partial charge in [-0.15, -0.1) is 0 Å². The van der Waals surface area contributed by atoms with Crippen molar-refractivity contribution in [1.82, 2.24) is 5.32 Å². The van der Waals surface area contributed by atoms with Gasteiger partial charge in [-0.2, -0.15) is 0 Å². The highest BCUT2D eigenvalue weighted by Gasteiger charge is 2.27. The van der Waals surface area contributed by atoms with Crippen LogP contribution < -0.4 is 10.2 Å². The van der Waals surface area contributed by atoms with E-state index in [0.717, 1.165) is 57.8 Å². The van der Waals surface area contributed by atoms with E-state index < -0.39 is 20.0 Å². The molecule has 3 atom stereocenters. The summed E-state index contributed by atoms with van der Waals surface area (Å²) in [6, 6.07) is -0.881. The lowest BCUT2D eigenvalue weighted by Crippen LogP contribution is -2.47. The molecule has 81 heavy (non-hydrogen) atoms.